The van der Waals surface area contributed by atoms with Gasteiger partial charge in [0.1, 0.15) is 11.4 Å². The summed E-state index contributed by atoms with van der Waals surface area (Å²) in [5.74, 6) is 0. The van der Waals surface area contributed by atoms with Crippen LogP contribution in [0.1, 0.15) is 24.0 Å². The fraction of sp³-hybridized carbons (Fsp3) is 0.280. The highest BCUT2D eigenvalue weighted by Gasteiger charge is 2.26. The molecule has 11 aromatic rings. The predicted molar refractivity (Wildman–Crippen MR) is 372 cm³/mol. The van der Waals surface area contributed by atoms with Crippen LogP contribution < -0.4 is 29.4 Å². The number of benzene rings is 3. The number of ether oxygens (including phenoxy) is 2. The highest BCUT2D eigenvalue weighted by Crippen LogP contribution is 2.39. The van der Waals surface area contributed by atoms with Gasteiger partial charge < -0.3 is 48.0 Å². The first-order valence-corrected chi connectivity index (χ1v) is 32.1. The minimum Gasteiger partial charge on any atom is -0.385 e. The van der Waals surface area contributed by atoms with E-state index in [1.165, 1.54) is 84.0 Å². The zero-order valence-corrected chi connectivity index (χ0v) is 52.3. The van der Waals surface area contributed by atoms with Crippen LogP contribution in [0.4, 0.5) is 34.1 Å². The maximum atomic E-state index is 5.32. The van der Waals surface area contributed by atoms with E-state index in [0.717, 1.165) is 141 Å². The second kappa shape index (κ2) is 29.2. The van der Waals surface area contributed by atoms with Crippen LogP contribution in [0, 0.1) is 0 Å². The van der Waals surface area contributed by atoms with Gasteiger partial charge in [-0.15, -0.1) is 0 Å². The van der Waals surface area contributed by atoms with Crippen molar-refractivity contribution in [3.63, 3.8) is 0 Å². The molecular formula is C75H80N14O2. The molecule has 0 N–H and O–H groups in total. The predicted octanol–water partition coefficient (Wildman–Crippen LogP) is 13.0. The molecule has 3 aromatic carbocycles. The normalized spacial score (nSPS) is 14.7. The summed E-state index contributed by atoms with van der Waals surface area (Å²) in [6.45, 7) is 15.1. The first-order chi connectivity index (χ1) is 45.1. The van der Waals surface area contributed by atoms with Crippen molar-refractivity contribution in [3.8, 4) is 34.0 Å². The van der Waals surface area contributed by atoms with Crippen molar-refractivity contribution < 1.29 is 9.47 Å². The van der Waals surface area contributed by atoms with Crippen molar-refractivity contribution in [1.29, 1.82) is 0 Å². The lowest BCUT2D eigenvalue weighted by atomic mass is 9.99. The van der Waals surface area contributed by atoms with E-state index < -0.39 is 0 Å². The Balaban J connectivity index is 0.000000125. The van der Waals surface area contributed by atoms with E-state index in [2.05, 4.69) is 199 Å². The fourth-order valence-corrected chi connectivity index (χ4v) is 13.4. The summed E-state index contributed by atoms with van der Waals surface area (Å²) in [5.41, 5.74) is 19.4. The molecule has 0 saturated carbocycles. The Bertz CT molecular complexity index is 3970. The average Bonchev–Trinajstić information content (AvgIpc) is 1.88. The first kappa shape index (κ1) is 60.0. The molecule has 0 amide bonds. The summed E-state index contributed by atoms with van der Waals surface area (Å²) in [6.07, 6.45) is 24.3. The molecule has 16 nitrogen and oxygen atoms in total. The smallest absolute Gasteiger partial charge is 0.110 e. The summed E-state index contributed by atoms with van der Waals surface area (Å²) in [5, 5.41) is 2.50. The van der Waals surface area contributed by atoms with Crippen molar-refractivity contribution in [2.24, 2.45) is 0 Å². The molecule has 91 heavy (non-hydrogen) atoms. The molecule has 0 unspecified atom stereocenters. The van der Waals surface area contributed by atoms with Crippen molar-refractivity contribution in [1.82, 2.24) is 39.0 Å². The Morgan fingerprint density at radius 3 is 1.18 bits per heavy atom. The van der Waals surface area contributed by atoms with Gasteiger partial charge in [0.05, 0.1) is 34.1 Å². The number of aryl methyl sites for hydroxylation is 2. The van der Waals surface area contributed by atoms with E-state index in [0.29, 0.717) is 0 Å². The van der Waals surface area contributed by atoms with Gasteiger partial charge in [-0.1, -0.05) is 66.7 Å². The van der Waals surface area contributed by atoms with Gasteiger partial charge in [0, 0.05) is 219 Å². The number of hydrogen-bond acceptors (Lipinski definition) is 14. The number of rotatable bonds is 17. The average molecular weight is 1210 g/mol. The molecule has 0 bridgehead atoms. The second-order valence-corrected chi connectivity index (χ2v) is 23.3. The Hall–Kier alpha value is -9.90. The number of nitrogens with zero attached hydrogens (tertiary/aromatic N) is 14. The molecule has 3 fully saturated rings. The number of piperazine rings is 3. The number of hydrogen-bond donors (Lipinski definition) is 0. The molecule has 8 aromatic heterocycles. The Morgan fingerprint density at radius 2 is 0.758 bits per heavy atom. The Kier molecular flexibility index (Phi) is 19.2. The van der Waals surface area contributed by atoms with Gasteiger partial charge in [-0.25, -0.2) is 0 Å². The van der Waals surface area contributed by atoms with Crippen LogP contribution in [0.25, 0.3) is 61.9 Å². The summed E-state index contributed by atoms with van der Waals surface area (Å²) < 4.78 is 15.4. The third-order valence-corrected chi connectivity index (χ3v) is 17.9. The lowest BCUT2D eigenvalue weighted by molar-refractivity contribution is 0.191. The lowest BCUT2D eigenvalue weighted by Crippen LogP contribution is -2.46. The van der Waals surface area contributed by atoms with Gasteiger partial charge in [-0.05, 0) is 127 Å². The van der Waals surface area contributed by atoms with Crippen molar-refractivity contribution in [2.45, 2.75) is 32.4 Å². The molecule has 0 atom stereocenters. The third-order valence-electron chi connectivity index (χ3n) is 17.9. The maximum Gasteiger partial charge on any atom is 0.110 e. The molecular weight excluding hydrogens is 1130 g/mol. The van der Waals surface area contributed by atoms with Gasteiger partial charge in [-0.3, -0.25) is 29.9 Å². The molecule has 462 valence electrons. The molecule has 11 heterocycles. The number of allylic oxidation sites excluding steroid dienone is 1. The van der Waals surface area contributed by atoms with Crippen molar-refractivity contribution in [3.05, 3.63) is 225 Å². The zero-order valence-electron chi connectivity index (χ0n) is 52.3. The second-order valence-electron chi connectivity index (χ2n) is 23.3. The summed E-state index contributed by atoms with van der Waals surface area (Å²) >= 11 is 0. The molecule has 3 aliphatic heterocycles. The van der Waals surface area contributed by atoms with Crippen molar-refractivity contribution in [2.75, 3.05) is 135 Å². The fourth-order valence-electron chi connectivity index (χ4n) is 13.4. The van der Waals surface area contributed by atoms with Crippen LogP contribution in [0.2, 0.25) is 0 Å². The topological polar surface area (TPSA) is 125 Å². The Morgan fingerprint density at radius 1 is 0.374 bits per heavy atom. The number of pyridine rings is 6. The summed E-state index contributed by atoms with van der Waals surface area (Å²) in [7, 11) is 3.52. The molecule has 16 heteroatoms. The number of methoxy groups -OCH3 is 2. The van der Waals surface area contributed by atoms with Crippen LogP contribution in [0.15, 0.2) is 214 Å². The zero-order chi connectivity index (χ0) is 61.6. The van der Waals surface area contributed by atoms with Crippen molar-refractivity contribution >= 4 is 62.0 Å². The maximum absolute atomic E-state index is 5.32. The summed E-state index contributed by atoms with van der Waals surface area (Å²) in [4.78, 5) is 41.6. The Labute approximate surface area is 534 Å². The number of aromatic nitrogens is 8. The first-order valence-electron chi connectivity index (χ1n) is 32.1. The van der Waals surface area contributed by atoms with Gasteiger partial charge in [0.25, 0.3) is 0 Å². The van der Waals surface area contributed by atoms with Crippen LogP contribution in [-0.2, 0) is 29.0 Å². The van der Waals surface area contributed by atoms with Gasteiger partial charge in [0.15, 0.2) is 0 Å². The quantitative estimate of drug-likeness (QED) is 0.0803. The molecule has 1 aliphatic carbocycles. The van der Waals surface area contributed by atoms with E-state index in [4.69, 9.17) is 24.4 Å². The minimum absolute atomic E-state index is 0.748. The monoisotopic (exact) mass is 1210 g/mol. The molecule has 0 spiro atoms. The van der Waals surface area contributed by atoms with Gasteiger partial charge in [0.2, 0.25) is 0 Å². The lowest BCUT2D eigenvalue weighted by Gasteiger charge is -2.38. The number of para-hydroxylation sites is 2. The molecule has 15 rings (SSSR count). The molecule has 0 radical (unpaired) electrons. The number of fused-ring (bicyclic) bond motifs is 3. The van der Waals surface area contributed by atoms with Crippen LogP contribution in [0.5, 0.6) is 0 Å². The molecule has 4 aliphatic rings. The van der Waals surface area contributed by atoms with E-state index in [1.807, 2.05) is 74.0 Å². The van der Waals surface area contributed by atoms with Gasteiger partial charge >= 0.3 is 0 Å². The van der Waals surface area contributed by atoms with Crippen LogP contribution in [-0.4, -0.2) is 145 Å². The van der Waals surface area contributed by atoms with E-state index in [9.17, 15) is 0 Å². The highest BCUT2D eigenvalue weighted by atomic mass is 16.5. The van der Waals surface area contributed by atoms with Gasteiger partial charge in [-0.2, -0.15) is 0 Å². The van der Waals surface area contributed by atoms with Crippen LogP contribution in [0.3, 0.4) is 0 Å². The molecule has 3 saturated heterocycles. The summed E-state index contributed by atoms with van der Waals surface area (Å²) in [6, 6.07) is 53.6. The van der Waals surface area contributed by atoms with E-state index >= 15 is 0 Å². The standard InChI is InChI=1S/2C26H29N5O.C23H22N4/c2*1-32-19-5-14-31-23-7-3-2-6-21(23)20-25(31)26-24(8-4-11-28-26)30-17-15-29(16-18-30)22-9-12-27-13-10-22;1-4-18-5-2-7-21(20(18)6-1)23-22(8-3-11-25-23)27-16-14-26(15-17-27)19-9-12-24-13-10-19/h2*2-4,6-13,20H,5,14-19H2,1H3;1-3,5-13H,4,14-17H2. The number of anilines is 6. The van der Waals surface area contributed by atoms with Crippen LogP contribution >= 0.6 is 0 Å². The SMILES string of the molecule is C1=Cc2c(cccc2-c2ncccc2N2CCN(c3ccncc3)CC2)C1.COCCCn1c(-c2ncccc2N2CCN(c3ccncc3)CC2)cc2ccccc21.COCCCn1c(-c2ncccc2N2CCN(c3ccncc3)CC2)cc2ccccc21. The third kappa shape index (κ3) is 13.7. The van der Waals surface area contributed by atoms with E-state index in [1.54, 1.807) is 14.2 Å². The van der Waals surface area contributed by atoms with E-state index in [-0.39, 0.29) is 0 Å². The largest absolute Gasteiger partial charge is 0.385 e. The highest BCUT2D eigenvalue weighted by molar-refractivity contribution is 5.91. The minimum atomic E-state index is 0.748.